The number of nitrogens with one attached hydrogen (secondary N) is 1. The van der Waals surface area contributed by atoms with E-state index >= 15 is 0 Å². The molecule has 0 radical (unpaired) electrons. The summed E-state index contributed by atoms with van der Waals surface area (Å²) in [6.07, 6.45) is 1.74. The van der Waals surface area contributed by atoms with Crippen LogP contribution in [-0.4, -0.2) is 17.6 Å². The second kappa shape index (κ2) is 13.2. The first kappa shape index (κ1) is 30.4. The summed E-state index contributed by atoms with van der Waals surface area (Å²) >= 11 is 13.8. The van der Waals surface area contributed by atoms with Crippen molar-refractivity contribution < 1.29 is 14.3 Å². The van der Waals surface area contributed by atoms with Crippen LogP contribution in [0.2, 0.25) is 10.0 Å². The molecular weight excluding hydrogens is 629 g/mol. The average Bonchev–Trinajstić information content (AvgIpc) is 3.34. The normalized spacial score (nSPS) is 14.5. The quantitative estimate of drug-likeness (QED) is 0.200. The van der Waals surface area contributed by atoms with Gasteiger partial charge in [0.1, 0.15) is 18.1 Å². The zero-order valence-corrected chi connectivity index (χ0v) is 26.6. The topological polar surface area (TPSA) is 81.9 Å². The lowest BCUT2D eigenvalue weighted by molar-refractivity contribution is -0.113. The van der Waals surface area contributed by atoms with E-state index in [9.17, 15) is 9.59 Å². The Balaban J connectivity index is 1.45. The Kier molecular flexibility index (Phi) is 8.89. The number of ether oxygens (including phenoxy) is 2. The highest BCUT2D eigenvalue weighted by molar-refractivity contribution is 7.07. The van der Waals surface area contributed by atoms with Gasteiger partial charge in [0.05, 0.1) is 29.0 Å². The number of hydrogen-bond donors (Lipinski definition) is 1. The maximum atomic E-state index is 14.2. The molecule has 0 saturated carbocycles. The lowest BCUT2D eigenvalue weighted by Crippen LogP contribution is -2.40. The average molecular weight is 657 g/mol. The number of hydrogen-bond acceptors (Lipinski definition) is 6. The molecule has 10 heteroatoms. The highest BCUT2D eigenvalue weighted by Gasteiger charge is 2.32. The summed E-state index contributed by atoms with van der Waals surface area (Å²) in [4.78, 5) is 33.2. The van der Waals surface area contributed by atoms with Crippen LogP contribution in [0.4, 0.5) is 5.69 Å². The summed E-state index contributed by atoms with van der Waals surface area (Å²) in [7, 11) is 1.58. The Morgan fingerprint density at radius 3 is 2.53 bits per heavy atom. The van der Waals surface area contributed by atoms with Gasteiger partial charge in [-0.25, -0.2) is 4.99 Å². The van der Waals surface area contributed by atoms with Gasteiger partial charge in [-0.1, -0.05) is 77.0 Å². The summed E-state index contributed by atoms with van der Waals surface area (Å²) in [5, 5.41) is 4.08. The van der Waals surface area contributed by atoms with Crippen molar-refractivity contribution in [3.8, 4) is 11.5 Å². The standard InChI is InChI=1S/C35H27Cl2N3O4S/c1-21-31(33(41)39-27-11-4-3-5-12-27)32(23-9-7-13-28(18-23)43-2)40-34(42)30(45-35(40)38-21)19-24-17-26(37)14-15-29(24)44-20-22-8-6-10-25(36)16-22/h3-19,32H,20H2,1-2H3,(H,39,41)/b30-19-/t32-/m1/s1. The summed E-state index contributed by atoms with van der Waals surface area (Å²) in [6.45, 7) is 2.06. The van der Waals surface area contributed by atoms with E-state index in [-0.39, 0.29) is 18.1 Å². The molecule has 1 aliphatic rings. The van der Waals surface area contributed by atoms with Gasteiger partial charge in [-0.15, -0.1) is 0 Å². The number of fused-ring (bicyclic) bond motifs is 1. The molecule has 5 aromatic rings. The third-order valence-electron chi connectivity index (χ3n) is 7.25. The van der Waals surface area contributed by atoms with E-state index in [0.717, 1.165) is 5.56 Å². The number of aromatic nitrogens is 1. The van der Waals surface area contributed by atoms with Crippen molar-refractivity contribution in [2.45, 2.75) is 19.6 Å². The molecule has 6 rings (SSSR count). The van der Waals surface area contributed by atoms with Crippen LogP contribution in [0.1, 0.15) is 29.7 Å². The van der Waals surface area contributed by atoms with Crippen molar-refractivity contribution in [3.63, 3.8) is 0 Å². The number of rotatable bonds is 8. The van der Waals surface area contributed by atoms with E-state index < -0.39 is 6.04 Å². The molecule has 1 atom stereocenters. The fourth-order valence-electron chi connectivity index (χ4n) is 5.15. The van der Waals surface area contributed by atoms with E-state index in [0.29, 0.717) is 59.0 Å². The Morgan fingerprint density at radius 2 is 1.76 bits per heavy atom. The molecule has 4 aromatic carbocycles. The van der Waals surface area contributed by atoms with Crippen LogP contribution < -0.4 is 29.7 Å². The first-order valence-corrected chi connectivity index (χ1v) is 15.6. The summed E-state index contributed by atoms with van der Waals surface area (Å²) in [5.41, 5.74) is 3.45. The van der Waals surface area contributed by atoms with Crippen LogP contribution in [0.3, 0.4) is 0 Å². The van der Waals surface area contributed by atoms with Crippen molar-refractivity contribution in [1.82, 2.24) is 4.57 Å². The van der Waals surface area contributed by atoms with Crippen LogP contribution in [0.5, 0.6) is 11.5 Å². The van der Waals surface area contributed by atoms with E-state index in [1.54, 1.807) is 61.1 Å². The molecule has 0 bridgehead atoms. The SMILES string of the molecule is COc1cccc([C@@H]2C(C(=O)Nc3ccccc3)=C(C)N=c3s/c(=C\c4cc(Cl)ccc4OCc4cccc(Cl)c4)c(=O)n32)c1. The Bertz CT molecular complexity index is 2120. The minimum Gasteiger partial charge on any atom is -0.497 e. The van der Waals surface area contributed by atoms with Crippen LogP contribution in [0.15, 0.2) is 118 Å². The molecule has 1 amide bonds. The van der Waals surface area contributed by atoms with Crippen molar-refractivity contribution in [2.24, 2.45) is 4.99 Å². The van der Waals surface area contributed by atoms with Crippen LogP contribution in [0, 0.1) is 0 Å². The third kappa shape index (κ3) is 6.59. The monoisotopic (exact) mass is 655 g/mol. The molecule has 1 aliphatic heterocycles. The highest BCUT2D eigenvalue weighted by atomic mass is 35.5. The molecule has 7 nitrogen and oxygen atoms in total. The highest BCUT2D eigenvalue weighted by Crippen LogP contribution is 2.32. The molecule has 1 aromatic heterocycles. The fraction of sp³-hybridized carbons (Fsp3) is 0.114. The third-order valence-corrected chi connectivity index (χ3v) is 8.70. The van der Waals surface area contributed by atoms with E-state index in [2.05, 4.69) is 5.32 Å². The van der Waals surface area contributed by atoms with Crippen molar-refractivity contribution in [1.29, 1.82) is 0 Å². The lowest BCUT2D eigenvalue weighted by atomic mass is 9.95. The van der Waals surface area contributed by atoms with Crippen molar-refractivity contribution in [3.05, 3.63) is 155 Å². The first-order chi connectivity index (χ1) is 21.8. The largest absolute Gasteiger partial charge is 0.497 e. The number of benzene rings is 4. The maximum absolute atomic E-state index is 14.2. The molecule has 0 unspecified atom stereocenters. The molecule has 1 N–H and O–H groups in total. The predicted molar refractivity (Wildman–Crippen MR) is 179 cm³/mol. The molecule has 0 fully saturated rings. The molecule has 0 saturated heterocycles. The van der Waals surface area contributed by atoms with E-state index in [1.807, 2.05) is 60.7 Å². The number of carbonyl (C=O) groups excluding carboxylic acids is 1. The molecule has 0 aliphatic carbocycles. The van der Waals surface area contributed by atoms with Gasteiger partial charge in [0, 0.05) is 21.3 Å². The van der Waals surface area contributed by atoms with Gasteiger partial charge in [-0.2, -0.15) is 0 Å². The number of halogens is 2. The Labute approximate surface area is 273 Å². The molecule has 226 valence electrons. The maximum Gasteiger partial charge on any atom is 0.271 e. The first-order valence-electron chi connectivity index (χ1n) is 14.0. The molecule has 45 heavy (non-hydrogen) atoms. The van der Waals surface area contributed by atoms with Gasteiger partial charge >= 0.3 is 0 Å². The van der Waals surface area contributed by atoms with Gasteiger partial charge in [-0.3, -0.25) is 14.2 Å². The Morgan fingerprint density at radius 1 is 0.978 bits per heavy atom. The minimum atomic E-state index is -0.750. The van der Waals surface area contributed by atoms with Crippen molar-refractivity contribution in [2.75, 3.05) is 12.4 Å². The smallest absolute Gasteiger partial charge is 0.271 e. The molecular formula is C35H27Cl2N3O4S. The van der Waals surface area contributed by atoms with Crippen LogP contribution in [0.25, 0.3) is 6.08 Å². The summed E-state index contributed by atoms with van der Waals surface area (Å²) in [6, 6.07) is 28.4. The summed E-state index contributed by atoms with van der Waals surface area (Å²) < 4.78 is 13.6. The number of allylic oxidation sites excluding steroid dienone is 1. The predicted octanol–water partition coefficient (Wildman–Crippen LogP) is 6.77. The zero-order chi connectivity index (χ0) is 31.5. The number of para-hydroxylation sites is 1. The Hall–Kier alpha value is -4.63. The number of amides is 1. The van der Waals surface area contributed by atoms with Gasteiger partial charge in [0.2, 0.25) is 0 Å². The molecule has 0 spiro atoms. The molecule has 2 heterocycles. The van der Waals surface area contributed by atoms with Gasteiger partial charge in [0.25, 0.3) is 11.5 Å². The number of nitrogens with zero attached hydrogens (tertiary/aromatic N) is 2. The second-order valence-corrected chi connectivity index (χ2v) is 12.2. The van der Waals surface area contributed by atoms with Gasteiger partial charge in [-0.05, 0) is 78.7 Å². The fourth-order valence-corrected chi connectivity index (χ4v) is 6.58. The number of methoxy groups -OCH3 is 1. The lowest BCUT2D eigenvalue weighted by Gasteiger charge is -2.25. The number of carbonyl (C=O) groups is 1. The minimum absolute atomic E-state index is 0.277. The second-order valence-electron chi connectivity index (χ2n) is 10.3. The van der Waals surface area contributed by atoms with Gasteiger partial charge < -0.3 is 14.8 Å². The van der Waals surface area contributed by atoms with Crippen LogP contribution in [-0.2, 0) is 11.4 Å². The van der Waals surface area contributed by atoms with E-state index in [1.165, 1.54) is 11.3 Å². The van der Waals surface area contributed by atoms with Crippen molar-refractivity contribution >= 4 is 52.2 Å². The van der Waals surface area contributed by atoms with Gasteiger partial charge in [0.15, 0.2) is 4.80 Å². The summed E-state index contributed by atoms with van der Waals surface area (Å²) in [5.74, 6) is 0.803. The zero-order valence-electron chi connectivity index (χ0n) is 24.3. The van der Waals surface area contributed by atoms with Crippen LogP contribution >= 0.6 is 34.5 Å². The number of thiazole rings is 1. The van der Waals surface area contributed by atoms with E-state index in [4.69, 9.17) is 37.7 Å². The number of anilines is 1.